The lowest BCUT2D eigenvalue weighted by molar-refractivity contribution is -0.384. The first-order valence-electron chi connectivity index (χ1n) is 11.3. The molecule has 2 fully saturated rings. The number of nitro groups is 1. The Kier molecular flexibility index (Phi) is 4.74. The van der Waals surface area contributed by atoms with E-state index in [1.807, 2.05) is 72.8 Å². The van der Waals surface area contributed by atoms with E-state index >= 15 is 0 Å². The summed E-state index contributed by atoms with van der Waals surface area (Å²) in [6.07, 6.45) is 3.95. The summed E-state index contributed by atoms with van der Waals surface area (Å²) in [6.45, 7) is 0. The summed E-state index contributed by atoms with van der Waals surface area (Å²) >= 11 is 0. The van der Waals surface area contributed by atoms with Crippen molar-refractivity contribution in [3.05, 3.63) is 124 Å². The molecule has 35 heavy (non-hydrogen) atoms. The number of anilines is 1. The Labute approximate surface area is 200 Å². The Balaban J connectivity index is 1.49. The molecule has 2 amide bonds. The van der Waals surface area contributed by atoms with Gasteiger partial charge in [-0.2, -0.15) is 0 Å². The normalized spacial score (nSPS) is 24.3. The molecule has 2 bridgehead atoms. The number of nitro benzene ring substituents is 1. The molecule has 2 aliphatic carbocycles. The number of carbonyl (C=O) groups is 2. The number of hydrogen-bond acceptors (Lipinski definition) is 4. The molecule has 0 aromatic heterocycles. The highest BCUT2D eigenvalue weighted by molar-refractivity contribution is 6.24. The van der Waals surface area contributed by atoms with E-state index in [4.69, 9.17) is 0 Å². The van der Waals surface area contributed by atoms with Gasteiger partial charge >= 0.3 is 0 Å². The largest absolute Gasteiger partial charge is 0.296 e. The van der Waals surface area contributed by atoms with Gasteiger partial charge in [0.25, 0.3) is 5.69 Å². The number of hydrogen-bond donors (Lipinski definition) is 0. The lowest BCUT2D eigenvalue weighted by Gasteiger charge is -2.21. The van der Waals surface area contributed by atoms with Gasteiger partial charge in [0, 0.05) is 11.8 Å². The van der Waals surface area contributed by atoms with Crippen LogP contribution in [0.5, 0.6) is 0 Å². The zero-order valence-corrected chi connectivity index (χ0v) is 18.4. The minimum absolute atomic E-state index is 0.183. The summed E-state index contributed by atoms with van der Waals surface area (Å²) in [7, 11) is 0. The summed E-state index contributed by atoms with van der Waals surface area (Å²) in [4.78, 5) is 38.9. The van der Waals surface area contributed by atoms with Crippen LogP contribution in [0.15, 0.2) is 96.6 Å². The SMILES string of the molecule is O=C1[C@H]2[C@H](C(=O)N1c1ccc(F)cc1[N+](=O)[O-])[C@H]1C=C[C@H]2C1=C(c1ccccc1)c1ccccc1. The minimum atomic E-state index is -0.804. The smallest absolute Gasteiger partial charge is 0.274 e. The highest BCUT2D eigenvalue weighted by Gasteiger charge is 2.63. The number of nitrogens with zero attached hydrogens (tertiary/aromatic N) is 2. The van der Waals surface area contributed by atoms with Crippen LogP contribution in [0.25, 0.3) is 5.57 Å². The van der Waals surface area contributed by atoms with Crippen LogP contribution < -0.4 is 4.90 Å². The molecule has 1 saturated heterocycles. The second kappa shape index (κ2) is 7.84. The maximum absolute atomic E-state index is 13.7. The van der Waals surface area contributed by atoms with Gasteiger partial charge in [-0.05, 0) is 34.4 Å². The van der Waals surface area contributed by atoms with Crippen LogP contribution in [-0.2, 0) is 9.59 Å². The fourth-order valence-electron chi connectivity index (χ4n) is 5.88. The molecule has 6 rings (SSSR count). The van der Waals surface area contributed by atoms with Crippen molar-refractivity contribution in [2.45, 2.75) is 0 Å². The number of imide groups is 1. The van der Waals surface area contributed by atoms with Crippen LogP contribution in [0.2, 0.25) is 0 Å². The van der Waals surface area contributed by atoms with E-state index < -0.39 is 40.1 Å². The van der Waals surface area contributed by atoms with Crippen molar-refractivity contribution < 1.29 is 18.9 Å². The van der Waals surface area contributed by atoms with Gasteiger partial charge in [0.15, 0.2) is 0 Å². The molecule has 3 aromatic carbocycles. The zero-order valence-electron chi connectivity index (χ0n) is 18.4. The third-order valence-electron chi connectivity index (χ3n) is 7.20. The van der Waals surface area contributed by atoms with Crippen molar-refractivity contribution in [2.75, 3.05) is 4.90 Å². The molecule has 0 unspecified atom stereocenters. The molecule has 7 heteroatoms. The summed E-state index contributed by atoms with van der Waals surface area (Å²) in [5, 5.41) is 11.6. The predicted octanol–water partition coefficient (Wildman–Crippen LogP) is 5.16. The van der Waals surface area contributed by atoms with E-state index in [1.165, 1.54) is 0 Å². The third-order valence-corrected chi connectivity index (χ3v) is 7.20. The van der Waals surface area contributed by atoms with E-state index in [-0.39, 0.29) is 17.5 Å². The molecule has 0 radical (unpaired) electrons. The topological polar surface area (TPSA) is 80.5 Å². The fourth-order valence-corrected chi connectivity index (χ4v) is 5.88. The summed E-state index contributed by atoms with van der Waals surface area (Å²) in [5.41, 5.74) is 3.23. The Morgan fingerprint density at radius 3 is 1.80 bits per heavy atom. The number of allylic oxidation sites excluding steroid dienone is 3. The Morgan fingerprint density at radius 2 is 1.31 bits per heavy atom. The van der Waals surface area contributed by atoms with Gasteiger partial charge < -0.3 is 0 Å². The van der Waals surface area contributed by atoms with Crippen LogP contribution in [0.3, 0.4) is 0 Å². The van der Waals surface area contributed by atoms with E-state index in [0.29, 0.717) is 0 Å². The number of benzene rings is 3. The molecule has 0 spiro atoms. The average Bonchev–Trinajstić information content (AvgIpc) is 3.50. The summed E-state index contributed by atoms with van der Waals surface area (Å²) < 4.78 is 13.7. The van der Waals surface area contributed by atoms with Crippen LogP contribution in [0.4, 0.5) is 15.8 Å². The Morgan fingerprint density at radius 1 is 0.800 bits per heavy atom. The number of carbonyl (C=O) groups excluding carboxylic acids is 2. The quantitative estimate of drug-likeness (QED) is 0.230. The third kappa shape index (κ3) is 3.08. The molecule has 1 aliphatic heterocycles. The summed E-state index contributed by atoms with van der Waals surface area (Å²) in [6, 6.07) is 22.7. The number of amides is 2. The van der Waals surface area contributed by atoms with E-state index in [2.05, 4.69) is 0 Å². The first-order chi connectivity index (χ1) is 17.0. The molecule has 1 saturated carbocycles. The van der Waals surface area contributed by atoms with Crippen LogP contribution in [-0.4, -0.2) is 16.7 Å². The number of rotatable bonds is 4. The van der Waals surface area contributed by atoms with Crippen LogP contribution >= 0.6 is 0 Å². The van der Waals surface area contributed by atoms with Gasteiger partial charge in [-0.15, -0.1) is 0 Å². The second-order valence-electron chi connectivity index (χ2n) is 8.95. The van der Waals surface area contributed by atoms with Gasteiger partial charge in [0.1, 0.15) is 11.5 Å². The van der Waals surface area contributed by atoms with E-state index in [9.17, 15) is 24.1 Å². The molecule has 172 valence electrons. The van der Waals surface area contributed by atoms with E-state index in [1.54, 1.807) is 0 Å². The monoisotopic (exact) mass is 466 g/mol. The van der Waals surface area contributed by atoms with Crippen molar-refractivity contribution in [3.8, 4) is 0 Å². The first-order valence-corrected chi connectivity index (χ1v) is 11.3. The lowest BCUT2D eigenvalue weighted by Crippen LogP contribution is -2.33. The predicted molar refractivity (Wildman–Crippen MR) is 128 cm³/mol. The minimum Gasteiger partial charge on any atom is -0.274 e. The Hall–Kier alpha value is -4.39. The first kappa shape index (κ1) is 21.2. The number of fused-ring (bicyclic) bond motifs is 5. The lowest BCUT2D eigenvalue weighted by atomic mass is 9.85. The van der Waals surface area contributed by atoms with Gasteiger partial charge in [-0.3, -0.25) is 19.7 Å². The molecular formula is C28H19FN2O4. The maximum atomic E-state index is 13.7. The van der Waals surface area contributed by atoms with Crippen molar-refractivity contribution in [3.63, 3.8) is 0 Å². The van der Waals surface area contributed by atoms with Gasteiger partial charge in [0.2, 0.25) is 11.8 Å². The summed E-state index contributed by atoms with van der Waals surface area (Å²) in [5.74, 6) is -3.68. The zero-order chi connectivity index (χ0) is 24.3. The van der Waals surface area contributed by atoms with Crippen molar-refractivity contribution in [2.24, 2.45) is 23.7 Å². The molecular weight excluding hydrogens is 447 g/mol. The standard InChI is InChI=1S/C28H19FN2O4/c29-18-11-14-21(22(15-18)31(34)35)30-27(32)25-19-12-13-20(26(25)28(30)33)24(19)23(16-7-3-1-4-8-16)17-9-5-2-6-10-17/h1-15,19-20,25-26H/t19-,20-,25+,26+/m0/s1. The molecule has 0 N–H and O–H groups in total. The second-order valence-corrected chi connectivity index (χ2v) is 8.95. The Bertz CT molecular complexity index is 1370. The maximum Gasteiger partial charge on any atom is 0.296 e. The number of halogens is 1. The van der Waals surface area contributed by atoms with Crippen LogP contribution in [0.1, 0.15) is 11.1 Å². The van der Waals surface area contributed by atoms with Gasteiger partial charge in [-0.25, -0.2) is 9.29 Å². The van der Waals surface area contributed by atoms with Gasteiger partial charge in [-0.1, -0.05) is 72.8 Å². The molecule has 4 atom stereocenters. The molecule has 3 aliphatic rings. The highest BCUT2D eigenvalue weighted by Crippen LogP contribution is 2.59. The van der Waals surface area contributed by atoms with Crippen molar-refractivity contribution in [1.29, 1.82) is 0 Å². The van der Waals surface area contributed by atoms with Crippen molar-refractivity contribution >= 4 is 28.8 Å². The fraction of sp³-hybridized carbons (Fsp3) is 0.143. The van der Waals surface area contributed by atoms with Crippen LogP contribution in [0, 0.1) is 39.6 Å². The average molecular weight is 466 g/mol. The van der Waals surface area contributed by atoms with Crippen molar-refractivity contribution in [1.82, 2.24) is 0 Å². The molecule has 6 nitrogen and oxygen atoms in total. The highest BCUT2D eigenvalue weighted by atomic mass is 19.1. The van der Waals surface area contributed by atoms with Gasteiger partial charge in [0.05, 0.1) is 22.8 Å². The molecule has 1 heterocycles. The van der Waals surface area contributed by atoms with E-state index in [0.717, 1.165) is 45.4 Å². The molecule has 3 aromatic rings.